The summed E-state index contributed by atoms with van der Waals surface area (Å²) < 4.78 is 5.35. The van der Waals surface area contributed by atoms with Gasteiger partial charge in [0, 0.05) is 19.9 Å². The van der Waals surface area contributed by atoms with Gasteiger partial charge in [-0.25, -0.2) is 0 Å². The third-order valence-electron chi connectivity index (χ3n) is 2.63. The number of carbonyl (C=O) groups is 3. The highest BCUT2D eigenvalue weighted by Gasteiger charge is 2.06. The SMILES string of the molecule is CC(=O)NCCC(=O)NNC(=O)COc1cc(C)cc(C)c1. The van der Waals surface area contributed by atoms with E-state index in [1.807, 2.05) is 32.0 Å². The molecule has 0 saturated carbocycles. The lowest BCUT2D eigenvalue weighted by Crippen LogP contribution is -2.44. The number of hydrogen-bond acceptors (Lipinski definition) is 4. The van der Waals surface area contributed by atoms with Crippen LogP contribution in [-0.2, 0) is 14.4 Å². The number of nitrogens with one attached hydrogen (secondary N) is 3. The summed E-state index contributed by atoms with van der Waals surface area (Å²) in [4.78, 5) is 33.6. The largest absolute Gasteiger partial charge is 0.484 e. The minimum Gasteiger partial charge on any atom is -0.484 e. The van der Waals surface area contributed by atoms with E-state index in [9.17, 15) is 14.4 Å². The molecule has 1 rings (SSSR count). The second-order valence-electron chi connectivity index (χ2n) is 4.94. The normalized spacial score (nSPS) is 9.77. The first-order valence-electron chi connectivity index (χ1n) is 6.90. The lowest BCUT2D eigenvalue weighted by molar-refractivity contribution is -0.130. The predicted octanol–water partition coefficient (Wildman–Crippen LogP) is 0.356. The van der Waals surface area contributed by atoms with Crippen LogP contribution in [0.15, 0.2) is 18.2 Å². The number of carbonyl (C=O) groups excluding carboxylic acids is 3. The van der Waals surface area contributed by atoms with Crippen molar-refractivity contribution in [3.8, 4) is 5.75 Å². The number of hydrazine groups is 1. The molecule has 0 heterocycles. The van der Waals surface area contributed by atoms with E-state index in [0.29, 0.717) is 5.75 Å². The van der Waals surface area contributed by atoms with Crippen LogP contribution in [0.5, 0.6) is 5.75 Å². The van der Waals surface area contributed by atoms with Gasteiger partial charge in [0.15, 0.2) is 6.61 Å². The summed E-state index contributed by atoms with van der Waals surface area (Å²) in [6.45, 7) is 5.26. The van der Waals surface area contributed by atoms with Crippen molar-refractivity contribution in [2.45, 2.75) is 27.2 Å². The Morgan fingerprint density at radius 2 is 1.59 bits per heavy atom. The predicted molar refractivity (Wildman–Crippen MR) is 81.0 cm³/mol. The van der Waals surface area contributed by atoms with Gasteiger partial charge in [-0.3, -0.25) is 25.2 Å². The quantitative estimate of drug-likeness (QED) is 0.661. The number of rotatable bonds is 6. The van der Waals surface area contributed by atoms with Crippen LogP contribution in [0.3, 0.4) is 0 Å². The van der Waals surface area contributed by atoms with E-state index in [2.05, 4.69) is 16.2 Å². The van der Waals surface area contributed by atoms with Gasteiger partial charge in [0.2, 0.25) is 11.8 Å². The van der Waals surface area contributed by atoms with Crippen molar-refractivity contribution in [1.29, 1.82) is 0 Å². The molecule has 0 bridgehead atoms. The number of benzene rings is 1. The Morgan fingerprint density at radius 3 is 2.18 bits per heavy atom. The van der Waals surface area contributed by atoms with Gasteiger partial charge in [-0.05, 0) is 37.1 Å². The Bertz CT molecular complexity index is 537. The molecule has 0 fully saturated rings. The third-order valence-corrected chi connectivity index (χ3v) is 2.63. The van der Waals surface area contributed by atoms with Gasteiger partial charge < -0.3 is 10.1 Å². The summed E-state index contributed by atoms with van der Waals surface area (Å²) in [6.07, 6.45) is 0.0811. The summed E-state index contributed by atoms with van der Waals surface area (Å²) >= 11 is 0. The Labute approximate surface area is 129 Å². The molecule has 0 unspecified atom stereocenters. The third kappa shape index (κ3) is 7.28. The zero-order valence-corrected chi connectivity index (χ0v) is 13.0. The van der Waals surface area contributed by atoms with Crippen LogP contribution in [0.25, 0.3) is 0 Å². The molecule has 1 aromatic carbocycles. The van der Waals surface area contributed by atoms with Crippen molar-refractivity contribution < 1.29 is 19.1 Å². The van der Waals surface area contributed by atoms with Crippen LogP contribution in [0.4, 0.5) is 0 Å². The fraction of sp³-hybridized carbons (Fsp3) is 0.400. The highest BCUT2D eigenvalue weighted by Crippen LogP contribution is 2.15. The van der Waals surface area contributed by atoms with Crippen molar-refractivity contribution in [2.24, 2.45) is 0 Å². The summed E-state index contributed by atoms with van der Waals surface area (Å²) in [5.74, 6) is -0.469. The maximum absolute atomic E-state index is 11.6. The summed E-state index contributed by atoms with van der Waals surface area (Å²) in [7, 11) is 0. The highest BCUT2D eigenvalue weighted by molar-refractivity contribution is 5.83. The molecule has 3 amide bonds. The molecular weight excluding hydrogens is 286 g/mol. The zero-order valence-electron chi connectivity index (χ0n) is 13.0. The number of aryl methyl sites for hydroxylation is 2. The van der Waals surface area contributed by atoms with Gasteiger partial charge in [-0.1, -0.05) is 6.07 Å². The van der Waals surface area contributed by atoms with Crippen LogP contribution in [0.2, 0.25) is 0 Å². The second kappa shape index (κ2) is 8.66. The number of hydrogen-bond donors (Lipinski definition) is 3. The van der Waals surface area contributed by atoms with Gasteiger partial charge in [0.05, 0.1) is 0 Å². The lowest BCUT2D eigenvalue weighted by Gasteiger charge is -2.10. The first-order valence-corrected chi connectivity index (χ1v) is 6.90. The van der Waals surface area contributed by atoms with E-state index in [-0.39, 0.29) is 25.5 Å². The molecule has 0 radical (unpaired) electrons. The van der Waals surface area contributed by atoms with Gasteiger partial charge >= 0.3 is 0 Å². The number of amides is 3. The standard InChI is InChI=1S/C15H21N3O4/c1-10-6-11(2)8-13(7-10)22-9-15(21)18-17-14(20)4-5-16-12(3)19/h6-8H,4-5,9H2,1-3H3,(H,16,19)(H,17,20)(H,18,21). The fourth-order valence-electron chi connectivity index (χ4n) is 1.76. The van der Waals surface area contributed by atoms with Crippen LogP contribution >= 0.6 is 0 Å². The Hall–Kier alpha value is -2.57. The monoisotopic (exact) mass is 307 g/mol. The molecule has 0 aromatic heterocycles. The molecule has 0 aliphatic heterocycles. The van der Waals surface area contributed by atoms with Crippen LogP contribution < -0.4 is 20.9 Å². The molecule has 3 N–H and O–H groups in total. The average Bonchev–Trinajstić information content (AvgIpc) is 2.41. The maximum atomic E-state index is 11.6. The minimum atomic E-state index is -0.466. The Morgan fingerprint density at radius 1 is 1.00 bits per heavy atom. The molecule has 0 spiro atoms. The topological polar surface area (TPSA) is 96.5 Å². The second-order valence-corrected chi connectivity index (χ2v) is 4.94. The van der Waals surface area contributed by atoms with Crippen molar-refractivity contribution >= 4 is 17.7 Å². The van der Waals surface area contributed by atoms with Gasteiger partial charge in [0.1, 0.15) is 5.75 Å². The molecule has 120 valence electrons. The van der Waals surface area contributed by atoms with E-state index in [0.717, 1.165) is 11.1 Å². The van der Waals surface area contributed by atoms with E-state index in [1.54, 1.807) is 0 Å². The van der Waals surface area contributed by atoms with Crippen LogP contribution in [0.1, 0.15) is 24.5 Å². The molecule has 7 heteroatoms. The molecule has 1 aromatic rings. The fourth-order valence-corrected chi connectivity index (χ4v) is 1.76. The molecule has 0 aliphatic rings. The van der Waals surface area contributed by atoms with E-state index in [1.165, 1.54) is 6.92 Å². The first-order chi connectivity index (χ1) is 10.4. The molecule has 0 atom stereocenters. The van der Waals surface area contributed by atoms with Crippen molar-refractivity contribution in [1.82, 2.24) is 16.2 Å². The van der Waals surface area contributed by atoms with E-state index >= 15 is 0 Å². The summed E-state index contributed by atoms with van der Waals surface area (Å²) in [6, 6.07) is 5.65. The number of ether oxygens (including phenoxy) is 1. The van der Waals surface area contributed by atoms with Crippen molar-refractivity contribution in [2.75, 3.05) is 13.2 Å². The van der Waals surface area contributed by atoms with Crippen molar-refractivity contribution in [3.05, 3.63) is 29.3 Å². The summed E-state index contributed by atoms with van der Waals surface area (Å²) in [5.41, 5.74) is 6.58. The first kappa shape index (κ1) is 17.5. The van der Waals surface area contributed by atoms with E-state index < -0.39 is 11.8 Å². The average molecular weight is 307 g/mol. The molecule has 7 nitrogen and oxygen atoms in total. The smallest absolute Gasteiger partial charge is 0.276 e. The zero-order chi connectivity index (χ0) is 16.5. The maximum Gasteiger partial charge on any atom is 0.276 e. The van der Waals surface area contributed by atoms with Crippen LogP contribution in [-0.4, -0.2) is 30.9 Å². The highest BCUT2D eigenvalue weighted by atomic mass is 16.5. The molecule has 22 heavy (non-hydrogen) atoms. The Kier molecular flexibility index (Phi) is 6.88. The van der Waals surface area contributed by atoms with Crippen molar-refractivity contribution in [3.63, 3.8) is 0 Å². The lowest BCUT2D eigenvalue weighted by atomic mass is 10.1. The summed E-state index contributed by atoms with van der Waals surface area (Å²) in [5, 5.41) is 2.48. The minimum absolute atomic E-state index is 0.0811. The van der Waals surface area contributed by atoms with Gasteiger partial charge in [0.25, 0.3) is 5.91 Å². The van der Waals surface area contributed by atoms with Gasteiger partial charge in [-0.2, -0.15) is 0 Å². The van der Waals surface area contributed by atoms with E-state index in [4.69, 9.17) is 4.74 Å². The molecule has 0 aliphatic carbocycles. The van der Waals surface area contributed by atoms with Gasteiger partial charge in [-0.15, -0.1) is 0 Å². The molecule has 0 saturated heterocycles. The van der Waals surface area contributed by atoms with Crippen LogP contribution in [0, 0.1) is 13.8 Å². The Balaban J connectivity index is 2.25. The molecular formula is C15H21N3O4.